The molecule has 0 aromatic heterocycles. The third-order valence-corrected chi connectivity index (χ3v) is 4.17. The van der Waals surface area contributed by atoms with Gasteiger partial charge in [-0.25, -0.2) is 0 Å². The van der Waals surface area contributed by atoms with Crippen LogP contribution in [0.5, 0.6) is 17.2 Å². The monoisotopic (exact) mass is 392 g/mol. The highest BCUT2D eigenvalue weighted by atomic mass is 35.5. The molecule has 1 aliphatic rings. The number of nitrogens with two attached hydrogens (primary N) is 1. The summed E-state index contributed by atoms with van der Waals surface area (Å²) >= 11 is 0. The lowest BCUT2D eigenvalue weighted by molar-refractivity contribution is -0.126. The molecule has 2 aromatic rings. The summed E-state index contributed by atoms with van der Waals surface area (Å²) in [5, 5.41) is 2.89. The minimum Gasteiger partial charge on any atom is -0.494 e. The van der Waals surface area contributed by atoms with Crippen molar-refractivity contribution in [1.82, 2.24) is 0 Å². The fraction of sp³-hybridized carbons (Fsp3) is 0.350. The van der Waals surface area contributed by atoms with Gasteiger partial charge < -0.3 is 25.3 Å². The largest absolute Gasteiger partial charge is 0.494 e. The van der Waals surface area contributed by atoms with Gasteiger partial charge in [-0.2, -0.15) is 0 Å². The number of halogens is 1. The number of anilines is 1. The molecule has 0 spiro atoms. The van der Waals surface area contributed by atoms with Gasteiger partial charge in [0, 0.05) is 6.54 Å². The van der Waals surface area contributed by atoms with E-state index in [1.165, 1.54) is 0 Å². The van der Waals surface area contributed by atoms with Crippen molar-refractivity contribution in [3.63, 3.8) is 0 Å². The molecule has 0 unspecified atom stereocenters. The number of carbonyl (C=O) groups excluding carboxylic acids is 1. The maximum atomic E-state index is 12.4. The molecule has 27 heavy (non-hydrogen) atoms. The Morgan fingerprint density at radius 3 is 2.52 bits per heavy atom. The highest BCUT2D eigenvalue weighted by Crippen LogP contribution is 2.31. The van der Waals surface area contributed by atoms with Crippen LogP contribution in [0.4, 0.5) is 5.69 Å². The number of hydrogen-bond acceptors (Lipinski definition) is 5. The van der Waals surface area contributed by atoms with Crippen molar-refractivity contribution in [2.24, 2.45) is 5.73 Å². The number of ether oxygens (including phenoxy) is 3. The summed E-state index contributed by atoms with van der Waals surface area (Å²) in [6.45, 7) is 2.98. The Bertz CT molecular complexity index is 739. The maximum absolute atomic E-state index is 12.4. The zero-order valence-electron chi connectivity index (χ0n) is 15.2. The maximum Gasteiger partial charge on any atom is 0.253 e. The van der Waals surface area contributed by atoms with Crippen LogP contribution in [0.1, 0.15) is 19.8 Å². The minimum absolute atomic E-state index is 0. The quantitative estimate of drug-likeness (QED) is 0.749. The van der Waals surface area contributed by atoms with Crippen LogP contribution >= 0.6 is 12.4 Å². The normalized spacial score (nSPS) is 18.4. The van der Waals surface area contributed by atoms with Crippen molar-refractivity contribution in [3.8, 4) is 17.2 Å². The van der Waals surface area contributed by atoms with Crippen LogP contribution in [0, 0.1) is 0 Å². The van der Waals surface area contributed by atoms with Crippen LogP contribution in [0.2, 0.25) is 0 Å². The predicted octanol–water partition coefficient (Wildman–Crippen LogP) is 3.74. The lowest BCUT2D eigenvalue weighted by Gasteiger charge is -2.15. The van der Waals surface area contributed by atoms with E-state index < -0.39 is 6.10 Å². The van der Waals surface area contributed by atoms with E-state index in [1.807, 2.05) is 49.4 Å². The van der Waals surface area contributed by atoms with Gasteiger partial charge in [-0.3, -0.25) is 4.79 Å². The van der Waals surface area contributed by atoms with E-state index in [4.69, 9.17) is 19.9 Å². The molecule has 146 valence electrons. The van der Waals surface area contributed by atoms with E-state index in [1.54, 1.807) is 6.07 Å². The van der Waals surface area contributed by atoms with Gasteiger partial charge in [0.25, 0.3) is 5.91 Å². The number of hydrogen-bond donors (Lipinski definition) is 2. The van der Waals surface area contributed by atoms with Gasteiger partial charge in [-0.15, -0.1) is 12.4 Å². The first-order chi connectivity index (χ1) is 12.7. The second kappa shape index (κ2) is 10.2. The second-order valence-electron chi connectivity index (χ2n) is 6.05. The van der Waals surface area contributed by atoms with Gasteiger partial charge in [0.15, 0.2) is 5.75 Å². The van der Waals surface area contributed by atoms with Crippen molar-refractivity contribution < 1.29 is 19.0 Å². The number of rotatable bonds is 7. The SMILES string of the molecule is CCOc1ccc(Oc2ccccc2NC(=O)[C@@H]2CC[C@H](CN)O2)cc1.Cl. The molecule has 0 radical (unpaired) electrons. The topological polar surface area (TPSA) is 82.8 Å². The Morgan fingerprint density at radius 1 is 1.15 bits per heavy atom. The smallest absolute Gasteiger partial charge is 0.253 e. The number of para-hydroxylation sites is 2. The number of amides is 1. The van der Waals surface area contributed by atoms with Crippen molar-refractivity contribution in [1.29, 1.82) is 0 Å². The lowest BCUT2D eigenvalue weighted by Crippen LogP contribution is -2.29. The van der Waals surface area contributed by atoms with E-state index in [-0.39, 0.29) is 24.4 Å². The number of benzene rings is 2. The fourth-order valence-electron chi connectivity index (χ4n) is 2.84. The standard InChI is InChI=1S/C20H24N2O4.ClH/c1-2-24-14-7-9-15(10-8-14)25-18-6-4-3-5-17(18)22-20(23)19-12-11-16(13-21)26-19;/h3-10,16,19H,2,11-13,21H2,1H3,(H,22,23);1H/t16-,19+;/m1./s1. The van der Waals surface area contributed by atoms with Gasteiger partial charge >= 0.3 is 0 Å². The highest BCUT2D eigenvalue weighted by Gasteiger charge is 2.30. The van der Waals surface area contributed by atoms with Crippen LogP contribution in [-0.4, -0.2) is 31.3 Å². The van der Waals surface area contributed by atoms with Crippen molar-refractivity contribution >= 4 is 24.0 Å². The Balaban J connectivity index is 0.00000261. The minimum atomic E-state index is -0.470. The van der Waals surface area contributed by atoms with Crippen molar-refractivity contribution in [2.45, 2.75) is 32.0 Å². The summed E-state index contributed by atoms with van der Waals surface area (Å²) in [7, 11) is 0. The van der Waals surface area contributed by atoms with Crippen LogP contribution in [-0.2, 0) is 9.53 Å². The molecule has 3 N–H and O–H groups in total. The first-order valence-corrected chi connectivity index (χ1v) is 8.85. The van der Waals surface area contributed by atoms with E-state index in [9.17, 15) is 4.79 Å². The van der Waals surface area contributed by atoms with Crippen LogP contribution < -0.4 is 20.5 Å². The summed E-state index contributed by atoms with van der Waals surface area (Å²) < 4.78 is 17.0. The second-order valence-corrected chi connectivity index (χ2v) is 6.05. The summed E-state index contributed by atoms with van der Waals surface area (Å²) in [5.41, 5.74) is 6.21. The Kier molecular flexibility index (Phi) is 7.91. The molecule has 6 nitrogen and oxygen atoms in total. The molecular weight excluding hydrogens is 368 g/mol. The van der Waals surface area contributed by atoms with E-state index in [0.29, 0.717) is 36.8 Å². The van der Waals surface area contributed by atoms with Gasteiger partial charge in [-0.1, -0.05) is 12.1 Å². The number of nitrogens with one attached hydrogen (secondary N) is 1. The third kappa shape index (κ3) is 5.60. The zero-order chi connectivity index (χ0) is 18.4. The van der Waals surface area contributed by atoms with E-state index in [2.05, 4.69) is 5.32 Å². The molecule has 7 heteroatoms. The summed E-state index contributed by atoms with van der Waals surface area (Å²) in [5.74, 6) is 1.84. The molecule has 1 heterocycles. The van der Waals surface area contributed by atoms with Crippen LogP contribution in [0.15, 0.2) is 48.5 Å². The first-order valence-electron chi connectivity index (χ1n) is 8.85. The molecule has 0 bridgehead atoms. The first kappa shape index (κ1) is 21.0. The molecule has 0 saturated carbocycles. The van der Waals surface area contributed by atoms with Gasteiger partial charge in [0.05, 0.1) is 18.4 Å². The summed E-state index contributed by atoms with van der Waals surface area (Å²) in [4.78, 5) is 12.4. The molecule has 0 aliphatic carbocycles. The predicted molar refractivity (Wildman–Crippen MR) is 107 cm³/mol. The molecule has 1 fully saturated rings. The molecule has 3 rings (SSSR count). The highest BCUT2D eigenvalue weighted by molar-refractivity contribution is 5.95. The Hall–Kier alpha value is -2.28. The average molecular weight is 393 g/mol. The Morgan fingerprint density at radius 2 is 1.85 bits per heavy atom. The molecular formula is C20H25ClN2O4. The summed E-state index contributed by atoms with van der Waals surface area (Å²) in [6, 6.07) is 14.7. The fourth-order valence-corrected chi connectivity index (χ4v) is 2.84. The van der Waals surface area contributed by atoms with Crippen LogP contribution in [0.25, 0.3) is 0 Å². The van der Waals surface area contributed by atoms with Gasteiger partial charge in [0.1, 0.15) is 17.6 Å². The summed E-state index contributed by atoms with van der Waals surface area (Å²) in [6.07, 6.45) is 0.970. The third-order valence-electron chi connectivity index (χ3n) is 4.17. The molecule has 1 saturated heterocycles. The number of carbonyl (C=O) groups is 1. The van der Waals surface area contributed by atoms with E-state index >= 15 is 0 Å². The lowest BCUT2D eigenvalue weighted by atomic mass is 10.2. The molecule has 1 aliphatic heterocycles. The van der Waals surface area contributed by atoms with Crippen LogP contribution in [0.3, 0.4) is 0 Å². The average Bonchev–Trinajstić information content (AvgIpc) is 3.14. The van der Waals surface area contributed by atoms with E-state index in [0.717, 1.165) is 12.2 Å². The molecule has 1 amide bonds. The zero-order valence-corrected chi connectivity index (χ0v) is 16.0. The molecule has 2 aromatic carbocycles. The van der Waals surface area contributed by atoms with Gasteiger partial charge in [0.2, 0.25) is 0 Å². The van der Waals surface area contributed by atoms with Gasteiger partial charge in [-0.05, 0) is 56.2 Å². The van der Waals surface area contributed by atoms with Crippen molar-refractivity contribution in [2.75, 3.05) is 18.5 Å². The Labute approximate surface area is 165 Å². The van der Waals surface area contributed by atoms with Crippen molar-refractivity contribution in [3.05, 3.63) is 48.5 Å². The molecule has 2 atom stereocenters.